The maximum Gasteiger partial charge on any atom is 0.324 e. The van der Waals surface area contributed by atoms with Crippen molar-refractivity contribution in [2.24, 2.45) is 29.4 Å². The SMILES string of the molecule is Cc1cc(CC2C[C@H]3[C@H](C(=O)O)[C@H]3[C@]2(N)C(=O)O)ccc1F. The first-order valence-corrected chi connectivity index (χ1v) is 7.27. The summed E-state index contributed by atoms with van der Waals surface area (Å²) in [5.41, 5.74) is 5.95. The van der Waals surface area contributed by atoms with Crippen LogP contribution in [0.4, 0.5) is 4.39 Å². The Bertz CT molecular complexity index is 662. The van der Waals surface area contributed by atoms with Crippen LogP contribution in [0.25, 0.3) is 0 Å². The molecule has 0 aliphatic heterocycles. The first kappa shape index (κ1) is 15.0. The van der Waals surface area contributed by atoms with Crippen LogP contribution in [0.2, 0.25) is 0 Å². The molecule has 0 spiro atoms. The molecule has 3 rings (SSSR count). The van der Waals surface area contributed by atoms with Gasteiger partial charge in [0.25, 0.3) is 0 Å². The Labute approximate surface area is 126 Å². The van der Waals surface area contributed by atoms with Crippen molar-refractivity contribution in [1.29, 1.82) is 0 Å². The van der Waals surface area contributed by atoms with Crippen molar-refractivity contribution in [2.75, 3.05) is 0 Å². The summed E-state index contributed by atoms with van der Waals surface area (Å²) in [5.74, 6) is -4.07. The van der Waals surface area contributed by atoms with Crippen molar-refractivity contribution < 1.29 is 24.2 Å². The smallest absolute Gasteiger partial charge is 0.324 e. The number of benzene rings is 1. The second kappa shape index (κ2) is 4.78. The third-order valence-corrected chi connectivity index (χ3v) is 5.31. The normalized spacial score (nSPS) is 36.0. The third-order valence-electron chi connectivity index (χ3n) is 5.31. The molecule has 22 heavy (non-hydrogen) atoms. The van der Waals surface area contributed by atoms with E-state index in [9.17, 15) is 19.1 Å². The lowest BCUT2D eigenvalue weighted by atomic mass is 9.78. The number of aryl methyl sites for hydroxylation is 1. The van der Waals surface area contributed by atoms with Crippen molar-refractivity contribution in [3.8, 4) is 0 Å². The highest BCUT2D eigenvalue weighted by Crippen LogP contribution is 2.64. The summed E-state index contributed by atoms with van der Waals surface area (Å²) >= 11 is 0. The Kier molecular flexibility index (Phi) is 3.25. The van der Waals surface area contributed by atoms with E-state index in [0.717, 1.165) is 5.56 Å². The van der Waals surface area contributed by atoms with Gasteiger partial charge in [-0.15, -0.1) is 0 Å². The van der Waals surface area contributed by atoms with Gasteiger partial charge in [0.15, 0.2) is 0 Å². The topological polar surface area (TPSA) is 101 Å². The number of hydrogen-bond acceptors (Lipinski definition) is 3. The lowest BCUT2D eigenvalue weighted by molar-refractivity contribution is -0.147. The van der Waals surface area contributed by atoms with E-state index in [4.69, 9.17) is 10.8 Å². The van der Waals surface area contributed by atoms with Crippen LogP contribution in [0.15, 0.2) is 18.2 Å². The predicted molar refractivity (Wildman–Crippen MR) is 75.6 cm³/mol. The molecule has 6 heteroatoms. The summed E-state index contributed by atoms with van der Waals surface area (Å²) in [6.07, 6.45) is 0.907. The van der Waals surface area contributed by atoms with Crippen LogP contribution in [0.1, 0.15) is 17.5 Å². The minimum atomic E-state index is -1.52. The number of fused-ring (bicyclic) bond motifs is 1. The van der Waals surface area contributed by atoms with Gasteiger partial charge in [0.2, 0.25) is 0 Å². The number of rotatable bonds is 4. The van der Waals surface area contributed by atoms with E-state index in [-0.39, 0.29) is 17.7 Å². The molecule has 5 atom stereocenters. The van der Waals surface area contributed by atoms with Crippen LogP contribution in [-0.4, -0.2) is 27.7 Å². The van der Waals surface area contributed by atoms with Gasteiger partial charge >= 0.3 is 11.9 Å². The van der Waals surface area contributed by atoms with Crippen LogP contribution in [0.3, 0.4) is 0 Å². The molecular weight excluding hydrogens is 289 g/mol. The summed E-state index contributed by atoms with van der Waals surface area (Å²) in [5, 5.41) is 18.7. The van der Waals surface area contributed by atoms with Crippen molar-refractivity contribution in [1.82, 2.24) is 0 Å². The van der Waals surface area contributed by atoms with Gasteiger partial charge in [0.05, 0.1) is 5.92 Å². The number of aliphatic carboxylic acids is 2. The van der Waals surface area contributed by atoms with Crippen LogP contribution in [0.5, 0.6) is 0 Å². The summed E-state index contributed by atoms with van der Waals surface area (Å²) in [6, 6.07) is 4.68. The number of carboxylic acids is 2. The molecule has 0 saturated heterocycles. The van der Waals surface area contributed by atoms with E-state index in [2.05, 4.69) is 0 Å². The van der Waals surface area contributed by atoms with Crippen molar-refractivity contribution >= 4 is 11.9 Å². The minimum Gasteiger partial charge on any atom is -0.481 e. The zero-order valence-corrected chi connectivity index (χ0v) is 12.1. The largest absolute Gasteiger partial charge is 0.481 e. The molecule has 0 radical (unpaired) electrons. The number of carboxylic acid groups (broad SMARTS) is 2. The zero-order chi connectivity index (χ0) is 16.2. The number of halogens is 1. The van der Waals surface area contributed by atoms with Crippen LogP contribution in [0, 0.1) is 36.4 Å². The fraction of sp³-hybridized carbons (Fsp3) is 0.500. The summed E-state index contributed by atoms with van der Waals surface area (Å²) in [6.45, 7) is 1.65. The molecule has 0 amide bonds. The lowest BCUT2D eigenvalue weighted by Gasteiger charge is -2.31. The van der Waals surface area contributed by atoms with E-state index in [0.29, 0.717) is 18.4 Å². The number of nitrogens with two attached hydrogens (primary N) is 1. The van der Waals surface area contributed by atoms with Gasteiger partial charge in [-0.1, -0.05) is 12.1 Å². The third kappa shape index (κ3) is 2.01. The quantitative estimate of drug-likeness (QED) is 0.781. The van der Waals surface area contributed by atoms with E-state index in [1.54, 1.807) is 19.1 Å². The first-order chi connectivity index (χ1) is 10.3. The highest BCUT2D eigenvalue weighted by Gasteiger charge is 2.73. The molecule has 1 unspecified atom stereocenters. The second-order valence-electron chi connectivity index (χ2n) is 6.51. The van der Waals surface area contributed by atoms with Gasteiger partial charge in [-0.05, 0) is 48.8 Å². The zero-order valence-electron chi connectivity index (χ0n) is 12.1. The molecule has 2 aliphatic carbocycles. The fourth-order valence-electron chi connectivity index (χ4n) is 4.14. The van der Waals surface area contributed by atoms with Gasteiger partial charge in [-0.3, -0.25) is 9.59 Å². The second-order valence-corrected chi connectivity index (χ2v) is 6.51. The Hall–Kier alpha value is -1.95. The molecule has 118 valence electrons. The molecule has 0 heterocycles. The summed E-state index contributed by atoms with van der Waals surface area (Å²) in [4.78, 5) is 22.8. The molecule has 1 aromatic rings. The van der Waals surface area contributed by atoms with Crippen molar-refractivity contribution in [3.63, 3.8) is 0 Å². The predicted octanol–water partition coefficient (Wildman–Crippen LogP) is 1.43. The van der Waals surface area contributed by atoms with E-state index in [1.807, 2.05) is 0 Å². The maximum absolute atomic E-state index is 13.3. The summed E-state index contributed by atoms with van der Waals surface area (Å²) < 4.78 is 13.3. The van der Waals surface area contributed by atoms with Gasteiger partial charge in [-0.2, -0.15) is 0 Å². The number of carbonyl (C=O) groups is 2. The van der Waals surface area contributed by atoms with Gasteiger partial charge < -0.3 is 15.9 Å². The Morgan fingerprint density at radius 2 is 2.09 bits per heavy atom. The summed E-state index contributed by atoms with van der Waals surface area (Å²) in [7, 11) is 0. The van der Waals surface area contributed by atoms with E-state index < -0.39 is 29.3 Å². The molecule has 0 bridgehead atoms. The first-order valence-electron chi connectivity index (χ1n) is 7.27. The Morgan fingerprint density at radius 3 is 2.64 bits per heavy atom. The Morgan fingerprint density at radius 1 is 1.41 bits per heavy atom. The standard InChI is InChI=1S/C16H18FNO4/c1-7-4-8(2-3-11(7)17)5-9-6-10-12(14(19)20)13(10)16(9,18)15(21)22/h2-4,9-10,12-13H,5-6,18H2,1H3,(H,19,20)(H,21,22)/t9?,10-,12-,13-,16-/m0/s1. The number of hydrogen-bond donors (Lipinski definition) is 3. The van der Waals surface area contributed by atoms with Gasteiger partial charge in [0, 0.05) is 5.92 Å². The van der Waals surface area contributed by atoms with Crippen LogP contribution >= 0.6 is 0 Å². The van der Waals surface area contributed by atoms with Crippen molar-refractivity contribution in [2.45, 2.75) is 25.3 Å². The van der Waals surface area contributed by atoms with E-state index in [1.165, 1.54) is 6.07 Å². The average molecular weight is 307 g/mol. The molecule has 0 aromatic heterocycles. The van der Waals surface area contributed by atoms with Crippen LogP contribution in [-0.2, 0) is 16.0 Å². The highest BCUT2D eigenvalue weighted by atomic mass is 19.1. The molecule has 2 saturated carbocycles. The van der Waals surface area contributed by atoms with Gasteiger partial charge in [-0.25, -0.2) is 4.39 Å². The van der Waals surface area contributed by atoms with Gasteiger partial charge in [0.1, 0.15) is 11.4 Å². The molecule has 5 nitrogen and oxygen atoms in total. The molecule has 2 fully saturated rings. The Balaban J connectivity index is 1.84. The fourth-order valence-corrected chi connectivity index (χ4v) is 4.14. The molecular formula is C16H18FNO4. The highest BCUT2D eigenvalue weighted by molar-refractivity contribution is 5.85. The monoisotopic (exact) mass is 307 g/mol. The molecule has 2 aliphatic rings. The minimum absolute atomic E-state index is 0.162. The van der Waals surface area contributed by atoms with Crippen LogP contribution < -0.4 is 5.73 Å². The average Bonchev–Trinajstić information content (AvgIpc) is 3.08. The lowest BCUT2D eigenvalue weighted by Crippen LogP contribution is -2.55. The van der Waals surface area contributed by atoms with E-state index >= 15 is 0 Å². The maximum atomic E-state index is 13.3. The molecule has 1 aromatic carbocycles. The molecule has 4 N–H and O–H groups in total. The van der Waals surface area contributed by atoms with Crippen molar-refractivity contribution in [3.05, 3.63) is 35.1 Å².